The molecule has 2 heterocycles. The van der Waals surface area contributed by atoms with Gasteiger partial charge in [-0.05, 0) is 45.3 Å². The highest BCUT2D eigenvalue weighted by atomic mass is 16.2. The predicted octanol–water partition coefficient (Wildman–Crippen LogP) is 0.339. The minimum atomic E-state index is 0.112. The number of piperidine rings is 1. The van der Waals surface area contributed by atoms with Crippen molar-refractivity contribution in [3.05, 3.63) is 0 Å². The van der Waals surface area contributed by atoms with E-state index in [4.69, 9.17) is 0 Å². The van der Waals surface area contributed by atoms with Crippen molar-refractivity contribution in [2.45, 2.75) is 44.7 Å². The molecule has 0 aromatic carbocycles. The van der Waals surface area contributed by atoms with E-state index in [0.717, 1.165) is 51.9 Å². The predicted molar refractivity (Wildman–Crippen MR) is 64.3 cm³/mol. The summed E-state index contributed by atoms with van der Waals surface area (Å²) in [5, 5.41) is 6.57. The Balaban J connectivity index is 1.93. The molecule has 0 saturated carbocycles. The first-order valence-corrected chi connectivity index (χ1v) is 6.57. The van der Waals surface area contributed by atoms with Gasteiger partial charge in [0, 0.05) is 12.6 Å². The smallest absolute Gasteiger partial charge is 0.240 e. The lowest BCUT2D eigenvalue weighted by molar-refractivity contribution is -0.138. The Labute approximate surface area is 97.8 Å². The van der Waals surface area contributed by atoms with Crippen LogP contribution >= 0.6 is 0 Å². The van der Waals surface area contributed by atoms with Crippen molar-refractivity contribution in [2.75, 3.05) is 26.2 Å². The van der Waals surface area contributed by atoms with Crippen molar-refractivity contribution >= 4 is 5.91 Å². The number of carbonyl (C=O) groups is 1. The van der Waals surface area contributed by atoms with E-state index < -0.39 is 0 Å². The summed E-state index contributed by atoms with van der Waals surface area (Å²) in [6, 6.07) is 0.581. The molecule has 2 aliphatic rings. The number of rotatable bonds is 4. The Morgan fingerprint density at radius 1 is 1.25 bits per heavy atom. The second-order valence-corrected chi connectivity index (χ2v) is 4.81. The highest BCUT2D eigenvalue weighted by molar-refractivity contribution is 5.83. The molecule has 0 spiro atoms. The summed E-state index contributed by atoms with van der Waals surface area (Å²) in [5.41, 5.74) is 0. The van der Waals surface area contributed by atoms with Gasteiger partial charge in [0.15, 0.2) is 0 Å². The molecule has 0 aromatic heterocycles. The zero-order valence-electron chi connectivity index (χ0n) is 10.2. The topological polar surface area (TPSA) is 44.4 Å². The van der Waals surface area contributed by atoms with Crippen molar-refractivity contribution < 1.29 is 4.79 Å². The monoisotopic (exact) mass is 225 g/mol. The molecule has 4 nitrogen and oxygen atoms in total. The lowest BCUT2D eigenvalue weighted by atomic mass is 10.00. The third kappa shape index (κ3) is 2.55. The van der Waals surface area contributed by atoms with E-state index in [1.165, 1.54) is 0 Å². The van der Waals surface area contributed by atoms with Gasteiger partial charge in [-0.15, -0.1) is 0 Å². The summed E-state index contributed by atoms with van der Waals surface area (Å²) >= 11 is 0. The van der Waals surface area contributed by atoms with Crippen molar-refractivity contribution in [1.82, 2.24) is 15.5 Å². The highest BCUT2D eigenvalue weighted by Crippen LogP contribution is 2.16. The first kappa shape index (κ1) is 11.9. The van der Waals surface area contributed by atoms with Gasteiger partial charge in [-0.2, -0.15) is 0 Å². The van der Waals surface area contributed by atoms with Gasteiger partial charge in [0.05, 0.1) is 6.04 Å². The minimum Gasteiger partial charge on any atom is -0.338 e. The van der Waals surface area contributed by atoms with Crippen LogP contribution in [0.15, 0.2) is 0 Å². The molecule has 4 heteroatoms. The summed E-state index contributed by atoms with van der Waals surface area (Å²) in [6.45, 7) is 6.17. The molecule has 1 unspecified atom stereocenters. The van der Waals surface area contributed by atoms with E-state index in [1.807, 2.05) is 0 Å². The maximum absolute atomic E-state index is 12.3. The molecular formula is C12H23N3O. The van der Waals surface area contributed by atoms with Crippen molar-refractivity contribution in [2.24, 2.45) is 0 Å². The average molecular weight is 225 g/mol. The van der Waals surface area contributed by atoms with Crippen molar-refractivity contribution in [3.8, 4) is 0 Å². The van der Waals surface area contributed by atoms with Gasteiger partial charge in [-0.1, -0.05) is 6.92 Å². The van der Waals surface area contributed by atoms with Crippen molar-refractivity contribution in [1.29, 1.82) is 0 Å². The summed E-state index contributed by atoms with van der Waals surface area (Å²) in [5.74, 6) is 0.333. The maximum Gasteiger partial charge on any atom is 0.240 e. The molecule has 2 fully saturated rings. The summed E-state index contributed by atoms with van der Waals surface area (Å²) in [7, 11) is 0. The van der Waals surface area contributed by atoms with Crippen LogP contribution < -0.4 is 10.6 Å². The van der Waals surface area contributed by atoms with Gasteiger partial charge in [0.2, 0.25) is 5.91 Å². The van der Waals surface area contributed by atoms with Gasteiger partial charge in [0.1, 0.15) is 0 Å². The molecule has 2 rings (SSSR count). The molecule has 2 N–H and O–H groups in total. The summed E-state index contributed by atoms with van der Waals surface area (Å²) in [6.07, 6.45) is 4.29. The van der Waals surface area contributed by atoms with Crippen LogP contribution in [0, 0.1) is 0 Å². The average Bonchev–Trinajstić information content (AvgIpc) is 2.24. The van der Waals surface area contributed by atoms with Crippen LogP contribution in [-0.4, -0.2) is 49.1 Å². The molecule has 2 saturated heterocycles. The fourth-order valence-corrected chi connectivity index (χ4v) is 2.53. The third-order valence-corrected chi connectivity index (χ3v) is 3.62. The van der Waals surface area contributed by atoms with Gasteiger partial charge < -0.3 is 15.5 Å². The van der Waals surface area contributed by atoms with E-state index in [0.29, 0.717) is 11.9 Å². The SMILES string of the molecule is CCCN(C(=O)C1CCN1)C1CCNCC1. The highest BCUT2D eigenvalue weighted by Gasteiger charge is 2.32. The van der Waals surface area contributed by atoms with Gasteiger partial charge in [-0.25, -0.2) is 0 Å². The fourth-order valence-electron chi connectivity index (χ4n) is 2.53. The number of hydrogen-bond donors (Lipinski definition) is 2. The molecule has 0 radical (unpaired) electrons. The van der Waals surface area contributed by atoms with Crippen molar-refractivity contribution in [3.63, 3.8) is 0 Å². The number of nitrogens with one attached hydrogen (secondary N) is 2. The zero-order valence-corrected chi connectivity index (χ0v) is 10.2. The molecule has 1 amide bonds. The standard InChI is InChI=1S/C12H23N3O/c1-2-9-15(10-3-6-13-7-4-10)12(16)11-5-8-14-11/h10-11,13-14H,2-9H2,1H3. The van der Waals surface area contributed by atoms with Crippen LogP contribution in [0.2, 0.25) is 0 Å². The lowest BCUT2D eigenvalue weighted by Crippen LogP contribution is -2.58. The van der Waals surface area contributed by atoms with Crippen LogP contribution in [-0.2, 0) is 4.79 Å². The minimum absolute atomic E-state index is 0.112. The van der Waals surface area contributed by atoms with E-state index in [2.05, 4.69) is 22.5 Å². The third-order valence-electron chi connectivity index (χ3n) is 3.62. The zero-order chi connectivity index (χ0) is 11.4. The molecular weight excluding hydrogens is 202 g/mol. The second kappa shape index (κ2) is 5.64. The van der Waals surface area contributed by atoms with E-state index in [9.17, 15) is 4.79 Å². The summed E-state index contributed by atoms with van der Waals surface area (Å²) in [4.78, 5) is 14.4. The summed E-state index contributed by atoms with van der Waals surface area (Å²) < 4.78 is 0. The maximum atomic E-state index is 12.3. The Morgan fingerprint density at radius 2 is 1.94 bits per heavy atom. The van der Waals surface area contributed by atoms with Gasteiger partial charge in [0.25, 0.3) is 0 Å². The molecule has 1 atom stereocenters. The molecule has 2 aliphatic heterocycles. The lowest BCUT2D eigenvalue weighted by Gasteiger charge is -2.39. The van der Waals surface area contributed by atoms with Gasteiger partial charge >= 0.3 is 0 Å². The fraction of sp³-hybridized carbons (Fsp3) is 0.917. The number of carbonyl (C=O) groups excluding carboxylic acids is 1. The van der Waals surface area contributed by atoms with E-state index in [-0.39, 0.29) is 6.04 Å². The van der Waals surface area contributed by atoms with Crippen LogP contribution in [0.3, 0.4) is 0 Å². The largest absolute Gasteiger partial charge is 0.338 e. The normalized spacial score (nSPS) is 26.2. The Morgan fingerprint density at radius 3 is 2.44 bits per heavy atom. The van der Waals surface area contributed by atoms with Crippen LogP contribution in [0.1, 0.15) is 32.6 Å². The molecule has 16 heavy (non-hydrogen) atoms. The quantitative estimate of drug-likeness (QED) is 0.725. The number of hydrogen-bond acceptors (Lipinski definition) is 3. The Bertz CT molecular complexity index is 234. The Hall–Kier alpha value is -0.610. The van der Waals surface area contributed by atoms with E-state index >= 15 is 0 Å². The van der Waals surface area contributed by atoms with Gasteiger partial charge in [-0.3, -0.25) is 4.79 Å². The number of amides is 1. The number of nitrogens with zero attached hydrogens (tertiary/aromatic N) is 1. The molecule has 92 valence electrons. The van der Waals surface area contributed by atoms with Crippen LogP contribution in [0.5, 0.6) is 0 Å². The Kier molecular flexibility index (Phi) is 4.18. The second-order valence-electron chi connectivity index (χ2n) is 4.81. The molecule has 0 aliphatic carbocycles. The first-order chi connectivity index (χ1) is 7.83. The van der Waals surface area contributed by atoms with Crippen LogP contribution in [0.4, 0.5) is 0 Å². The van der Waals surface area contributed by atoms with Crippen LogP contribution in [0.25, 0.3) is 0 Å². The molecule has 0 aromatic rings. The first-order valence-electron chi connectivity index (χ1n) is 6.57. The molecule has 0 bridgehead atoms. The van der Waals surface area contributed by atoms with E-state index in [1.54, 1.807) is 0 Å².